The van der Waals surface area contributed by atoms with Gasteiger partial charge < -0.3 is 14.4 Å². The molecule has 0 bridgehead atoms. The zero-order valence-electron chi connectivity index (χ0n) is 14.4. The van der Waals surface area contributed by atoms with Crippen LogP contribution in [0.5, 0.6) is 0 Å². The maximum Gasteiger partial charge on any atom is 0.296 e. The molecule has 2 heterocycles. The average molecular weight is 339 g/mol. The number of carbonyl (C=O) groups excluding carboxylic acids is 3. The standard InChI is InChI=1S/C19H21N3O3/c1-14(23)15-5-7-16(8-6-15)21-10-12-22(13-11-21)19(25)18(24)17-4-3-9-20(17)2/h3-9H,10-13H2,1-2H3. The molecule has 1 aliphatic rings. The first-order chi connectivity index (χ1) is 12.0. The molecule has 0 spiro atoms. The van der Waals surface area contributed by atoms with Crippen LogP contribution in [0.25, 0.3) is 0 Å². The van der Waals surface area contributed by atoms with E-state index in [4.69, 9.17) is 0 Å². The fourth-order valence-electron chi connectivity index (χ4n) is 3.02. The predicted octanol–water partition coefficient (Wildman–Crippen LogP) is 1.76. The molecule has 6 nitrogen and oxygen atoms in total. The summed E-state index contributed by atoms with van der Waals surface area (Å²) < 4.78 is 1.66. The van der Waals surface area contributed by atoms with Crippen molar-refractivity contribution in [3.8, 4) is 0 Å². The summed E-state index contributed by atoms with van der Waals surface area (Å²) in [5.74, 6) is -0.874. The minimum atomic E-state index is -0.466. The summed E-state index contributed by atoms with van der Waals surface area (Å²) in [5.41, 5.74) is 2.11. The summed E-state index contributed by atoms with van der Waals surface area (Å²) in [4.78, 5) is 39.8. The smallest absolute Gasteiger partial charge is 0.296 e. The molecule has 1 amide bonds. The van der Waals surface area contributed by atoms with Gasteiger partial charge in [0.05, 0.1) is 5.69 Å². The molecule has 2 aromatic rings. The van der Waals surface area contributed by atoms with Crippen molar-refractivity contribution in [3.05, 3.63) is 53.9 Å². The molecular formula is C19H21N3O3. The SMILES string of the molecule is CC(=O)c1ccc(N2CCN(C(=O)C(=O)c3cccn3C)CC2)cc1. The number of aromatic nitrogens is 1. The number of carbonyl (C=O) groups is 3. The van der Waals surface area contributed by atoms with Gasteiger partial charge in [0.25, 0.3) is 11.7 Å². The van der Waals surface area contributed by atoms with E-state index in [1.54, 1.807) is 41.8 Å². The molecule has 25 heavy (non-hydrogen) atoms. The van der Waals surface area contributed by atoms with Gasteiger partial charge in [0.2, 0.25) is 0 Å². The lowest BCUT2D eigenvalue weighted by Crippen LogP contribution is -2.50. The van der Waals surface area contributed by atoms with Crippen LogP contribution in [0.4, 0.5) is 5.69 Å². The number of ketones is 2. The molecule has 1 saturated heterocycles. The van der Waals surface area contributed by atoms with Crippen LogP contribution < -0.4 is 4.90 Å². The topological polar surface area (TPSA) is 62.6 Å². The maximum absolute atomic E-state index is 12.4. The summed E-state index contributed by atoms with van der Waals surface area (Å²) in [6.45, 7) is 3.87. The summed E-state index contributed by atoms with van der Waals surface area (Å²) in [5, 5.41) is 0. The molecule has 1 fully saturated rings. The first-order valence-electron chi connectivity index (χ1n) is 8.28. The second-order valence-electron chi connectivity index (χ2n) is 6.22. The normalized spacial score (nSPS) is 14.5. The van der Waals surface area contributed by atoms with Gasteiger partial charge in [-0.1, -0.05) is 0 Å². The molecule has 6 heteroatoms. The number of hydrogen-bond donors (Lipinski definition) is 0. The van der Waals surface area contributed by atoms with Crippen molar-refractivity contribution in [2.24, 2.45) is 7.05 Å². The number of rotatable bonds is 4. The van der Waals surface area contributed by atoms with Gasteiger partial charge in [0.1, 0.15) is 0 Å². The fourth-order valence-corrected chi connectivity index (χ4v) is 3.02. The monoisotopic (exact) mass is 339 g/mol. The Hall–Kier alpha value is -2.89. The average Bonchev–Trinajstić information content (AvgIpc) is 3.06. The van der Waals surface area contributed by atoms with Gasteiger partial charge in [-0.15, -0.1) is 0 Å². The Morgan fingerprint density at radius 1 is 0.920 bits per heavy atom. The third kappa shape index (κ3) is 3.47. The highest BCUT2D eigenvalue weighted by Crippen LogP contribution is 2.18. The van der Waals surface area contributed by atoms with Gasteiger partial charge in [-0.25, -0.2) is 0 Å². The second-order valence-corrected chi connectivity index (χ2v) is 6.22. The number of amides is 1. The number of hydrogen-bond acceptors (Lipinski definition) is 4. The van der Waals surface area contributed by atoms with E-state index in [0.717, 1.165) is 5.69 Å². The van der Waals surface area contributed by atoms with E-state index in [1.807, 2.05) is 24.3 Å². The molecule has 0 N–H and O–H groups in total. The van der Waals surface area contributed by atoms with Crippen LogP contribution in [0.1, 0.15) is 27.8 Å². The Morgan fingerprint density at radius 2 is 1.56 bits per heavy atom. The van der Waals surface area contributed by atoms with E-state index in [0.29, 0.717) is 37.4 Å². The molecule has 0 unspecified atom stereocenters. The molecule has 3 rings (SSSR count). The quantitative estimate of drug-likeness (QED) is 0.629. The number of aryl methyl sites for hydroxylation is 1. The lowest BCUT2D eigenvalue weighted by molar-refractivity contribution is -0.126. The minimum absolute atomic E-state index is 0.0427. The molecule has 0 radical (unpaired) electrons. The minimum Gasteiger partial charge on any atom is -0.368 e. The molecule has 0 aliphatic carbocycles. The predicted molar refractivity (Wildman–Crippen MR) is 95.0 cm³/mol. The van der Waals surface area contributed by atoms with Crippen LogP contribution in [-0.4, -0.2) is 53.1 Å². The molecule has 0 saturated carbocycles. The van der Waals surface area contributed by atoms with Crippen LogP contribution >= 0.6 is 0 Å². The highest BCUT2D eigenvalue weighted by atomic mass is 16.2. The van der Waals surface area contributed by atoms with Gasteiger partial charge in [-0.3, -0.25) is 14.4 Å². The van der Waals surface area contributed by atoms with Crippen molar-refractivity contribution < 1.29 is 14.4 Å². The van der Waals surface area contributed by atoms with Crippen LogP contribution in [0.15, 0.2) is 42.6 Å². The number of piperazine rings is 1. The fraction of sp³-hybridized carbons (Fsp3) is 0.316. The van der Waals surface area contributed by atoms with E-state index < -0.39 is 11.7 Å². The van der Waals surface area contributed by atoms with Gasteiger partial charge in [-0.05, 0) is 43.3 Å². The third-order valence-electron chi connectivity index (χ3n) is 4.58. The summed E-state index contributed by atoms with van der Waals surface area (Å²) in [6.07, 6.45) is 1.75. The molecule has 130 valence electrons. The van der Waals surface area contributed by atoms with Crippen molar-refractivity contribution >= 4 is 23.2 Å². The largest absolute Gasteiger partial charge is 0.368 e. The van der Waals surface area contributed by atoms with Gasteiger partial charge in [0, 0.05) is 50.7 Å². The number of nitrogens with zero attached hydrogens (tertiary/aromatic N) is 3. The molecule has 1 aliphatic heterocycles. The van der Waals surface area contributed by atoms with Crippen LogP contribution in [0.3, 0.4) is 0 Å². The number of benzene rings is 1. The van der Waals surface area contributed by atoms with Gasteiger partial charge in [-0.2, -0.15) is 0 Å². The Balaban J connectivity index is 1.61. The van der Waals surface area contributed by atoms with E-state index in [1.165, 1.54) is 0 Å². The zero-order chi connectivity index (χ0) is 18.0. The number of Topliss-reactive ketones (excluding diaryl/α,β-unsaturated/α-hetero) is 2. The molecule has 0 atom stereocenters. The molecule has 1 aromatic carbocycles. The van der Waals surface area contributed by atoms with Crippen LogP contribution in [0.2, 0.25) is 0 Å². The molecular weight excluding hydrogens is 318 g/mol. The number of anilines is 1. The Morgan fingerprint density at radius 3 is 2.08 bits per heavy atom. The van der Waals surface area contributed by atoms with Crippen molar-refractivity contribution in [1.82, 2.24) is 9.47 Å². The molecule has 1 aromatic heterocycles. The van der Waals surface area contributed by atoms with Crippen LogP contribution in [-0.2, 0) is 11.8 Å². The first-order valence-corrected chi connectivity index (χ1v) is 8.28. The van der Waals surface area contributed by atoms with Gasteiger partial charge in [0.15, 0.2) is 5.78 Å². The van der Waals surface area contributed by atoms with E-state index in [-0.39, 0.29) is 5.78 Å². The first kappa shape index (κ1) is 17.0. The summed E-state index contributed by atoms with van der Waals surface area (Å²) in [7, 11) is 1.75. The van der Waals surface area contributed by atoms with Crippen LogP contribution in [0, 0.1) is 0 Å². The van der Waals surface area contributed by atoms with Gasteiger partial charge >= 0.3 is 0 Å². The maximum atomic E-state index is 12.4. The third-order valence-corrected chi connectivity index (χ3v) is 4.58. The van der Waals surface area contributed by atoms with E-state index in [2.05, 4.69) is 4.90 Å². The van der Waals surface area contributed by atoms with Crippen molar-refractivity contribution in [2.75, 3.05) is 31.1 Å². The van der Waals surface area contributed by atoms with Crippen molar-refractivity contribution in [2.45, 2.75) is 6.92 Å². The van der Waals surface area contributed by atoms with Crippen molar-refractivity contribution in [1.29, 1.82) is 0 Å². The Labute approximate surface area is 146 Å². The Bertz CT molecular complexity index is 800. The van der Waals surface area contributed by atoms with Crippen molar-refractivity contribution in [3.63, 3.8) is 0 Å². The highest BCUT2D eigenvalue weighted by molar-refractivity contribution is 6.42. The zero-order valence-corrected chi connectivity index (χ0v) is 14.4. The lowest BCUT2D eigenvalue weighted by atomic mass is 10.1. The highest BCUT2D eigenvalue weighted by Gasteiger charge is 2.28. The Kier molecular flexibility index (Phi) is 4.70. The lowest BCUT2D eigenvalue weighted by Gasteiger charge is -2.35. The summed E-state index contributed by atoms with van der Waals surface area (Å²) >= 11 is 0. The second kappa shape index (κ2) is 6.93. The van der Waals surface area contributed by atoms with E-state index in [9.17, 15) is 14.4 Å². The summed E-state index contributed by atoms with van der Waals surface area (Å²) in [6, 6.07) is 10.9. The van der Waals surface area contributed by atoms with E-state index >= 15 is 0 Å².